The van der Waals surface area contributed by atoms with Gasteiger partial charge in [0, 0.05) is 43.4 Å². The predicted octanol–water partition coefficient (Wildman–Crippen LogP) is 1.80. The van der Waals surface area contributed by atoms with Gasteiger partial charge in [0.2, 0.25) is 0 Å². The van der Waals surface area contributed by atoms with Crippen LogP contribution in [-0.4, -0.2) is 64.0 Å². The SMILES string of the molecule is C[C@@H]1CN=C(N2CCN(C(=O)c3cc(C4CC4)on3)CC2)S1. The Hall–Kier alpha value is -1.50. The third kappa shape index (κ3) is 2.74. The minimum atomic E-state index is -0.00955. The predicted molar refractivity (Wildman–Crippen MR) is 85.3 cm³/mol. The van der Waals surface area contributed by atoms with Crippen LogP contribution in [0.15, 0.2) is 15.6 Å². The molecule has 1 aromatic rings. The Balaban J connectivity index is 1.35. The second-order valence-electron chi connectivity index (χ2n) is 6.22. The van der Waals surface area contributed by atoms with Gasteiger partial charge in [-0.15, -0.1) is 0 Å². The average Bonchev–Trinajstić information content (AvgIpc) is 3.11. The Labute approximate surface area is 133 Å². The summed E-state index contributed by atoms with van der Waals surface area (Å²) in [5.41, 5.74) is 0.455. The van der Waals surface area contributed by atoms with E-state index in [4.69, 9.17) is 4.52 Å². The summed E-state index contributed by atoms with van der Waals surface area (Å²) in [7, 11) is 0. The molecule has 22 heavy (non-hydrogen) atoms. The molecule has 7 heteroatoms. The van der Waals surface area contributed by atoms with Gasteiger partial charge in [-0.3, -0.25) is 9.79 Å². The molecule has 3 aliphatic rings. The van der Waals surface area contributed by atoms with Gasteiger partial charge in [0.15, 0.2) is 10.9 Å². The van der Waals surface area contributed by atoms with Gasteiger partial charge in [0.25, 0.3) is 5.91 Å². The van der Waals surface area contributed by atoms with Crippen LogP contribution in [0.3, 0.4) is 0 Å². The summed E-state index contributed by atoms with van der Waals surface area (Å²) in [6, 6.07) is 1.82. The fraction of sp³-hybridized carbons (Fsp3) is 0.667. The highest BCUT2D eigenvalue weighted by atomic mass is 32.2. The van der Waals surface area contributed by atoms with Gasteiger partial charge in [0.1, 0.15) is 5.76 Å². The van der Waals surface area contributed by atoms with Crippen molar-refractivity contribution in [2.75, 3.05) is 32.7 Å². The van der Waals surface area contributed by atoms with E-state index in [0.717, 1.165) is 56.5 Å². The Bertz CT molecular complexity index is 602. The van der Waals surface area contributed by atoms with Gasteiger partial charge in [-0.1, -0.05) is 23.8 Å². The third-order valence-electron chi connectivity index (χ3n) is 4.35. The van der Waals surface area contributed by atoms with Gasteiger partial charge in [-0.2, -0.15) is 0 Å². The number of amidine groups is 1. The van der Waals surface area contributed by atoms with Crippen LogP contribution in [0, 0.1) is 0 Å². The number of carbonyl (C=O) groups excluding carboxylic acids is 1. The van der Waals surface area contributed by atoms with Crippen LogP contribution >= 0.6 is 11.8 Å². The first-order valence-corrected chi connectivity index (χ1v) is 8.80. The third-order valence-corrected chi connectivity index (χ3v) is 5.50. The molecule has 118 valence electrons. The standard InChI is InChI=1S/C15H20N4O2S/c1-10-9-16-15(22-10)19-6-4-18(5-7-19)14(20)12-8-13(21-17-12)11-2-3-11/h8,10-11H,2-7,9H2,1H3/t10-/m1/s1. The maximum atomic E-state index is 12.5. The number of hydrogen-bond donors (Lipinski definition) is 0. The summed E-state index contributed by atoms with van der Waals surface area (Å²) in [5, 5.41) is 5.66. The first-order chi connectivity index (χ1) is 10.7. The number of piperazine rings is 1. The van der Waals surface area contributed by atoms with Crippen LogP contribution in [0.5, 0.6) is 0 Å². The molecule has 0 N–H and O–H groups in total. The lowest BCUT2D eigenvalue weighted by Crippen LogP contribution is -2.50. The molecule has 1 aromatic heterocycles. The van der Waals surface area contributed by atoms with Gasteiger partial charge in [-0.05, 0) is 12.8 Å². The summed E-state index contributed by atoms with van der Waals surface area (Å²) in [4.78, 5) is 21.2. The smallest absolute Gasteiger partial charge is 0.276 e. The van der Waals surface area contributed by atoms with Crippen LogP contribution in [-0.2, 0) is 0 Å². The van der Waals surface area contributed by atoms with Crippen LogP contribution in [0.25, 0.3) is 0 Å². The van der Waals surface area contributed by atoms with Crippen molar-refractivity contribution in [3.63, 3.8) is 0 Å². The van der Waals surface area contributed by atoms with Crippen LogP contribution < -0.4 is 0 Å². The lowest BCUT2D eigenvalue weighted by Gasteiger charge is -2.35. The van der Waals surface area contributed by atoms with Crippen molar-refractivity contribution in [1.29, 1.82) is 0 Å². The molecule has 1 saturated heterocycles. The van der Waals surface area contributed by atoms with Gasteiger partial charge >= 0.3 is 0 Å². The highest BCUT2D eigenvalue weighted by Gasteiger charge is 2.31. The molecular formula is C15H20N4O2S. The van der Waals surface area contributed by atoms with Crippen molar-refractivity contribution in [3.8, 4) is 0 Å². The van der Waals surface area contributed by atoms with Crippen molar-refractivity contribution in [2.24, 2.45) is 4.99 Å². The number of carbonyl (C=O) groups is 1. The van der Waals surface area contributed by atoms with Crippen LogP contribution in [0.2, 0.25) is 0 Å². The van der Waals surface area contributed by atoms with E-state index in [0.29, 0.717) is 16.9 Å². The molecule has 6 nitrogen and oxygen atoms in total. The van der Waals surface area contributed by atoms with E-state index in [1.807, 2.05) is 22.7 Å². The van der Waals surface area contributed by atoms with E-state index in [1.165, 1.54) is 0 Å². The van der Waals surface area contributed by atoms with Crippen molar-refractivity contribution < 1.29 is 9.32 Å². The summed E-state index contributed by atoms with van der Waals surface area (Å²) in [6.45, 7) is 6.23. The average molecular weight is 320 g/mol. The van der Waals surface area contributed by atoms with E-state index < -0.39 is 0 Å². The fourth-order valence-corrected chi connectivity index (χ4v) is 3.84. The minimum absolute atomic E-state index is 0.00955. The Morgan fingerprint density at radius 3 is 2.73 bits per heavy atom. The molecule has 0 radical (unpaired) electrons. The molecule has 0 spiro atoms. The number of nitrogens with zero attached hydrogens (tertiary/aromatic N) is 4. The lowest BCUT2D eigenvalue weighted by atomic mass is 10.2. The van der Waals surface area contributed by atoms with Crippen molar-refractivity contribution >= 4 is 22.8 Å². The number of hydrogen-bond acceptors (Lipinski definition) is 6. The van der Waals surface area contributed by atoms with Crippen molar-refractivity contribution in [1.82, 2.24) is 15.0 Å². The zero-order valence-corrected chi connectivity index (χ0v) is 13.5. The molecule has 0 aromatic carbocycles. The summed E-state index contributed by atoms with van der Waals surface area (Å²) < 4.78 is 5.28. The molecular weight excluding hydrogens is 300 g/mol. The van der Waals surface area contributed by atoms with E-state index in [-0.39, 0.29) is 5.91 Å². The number of thioether (sulfide) groups is 1. The Morgan fingerprint density at radius 2 is 2.09 bits per heavy atom. The van der Waals surface area contributed by atoms with E-state index >= 15 is 0 Å². The number of aliphatic imine (C=N–C) groups is 1. The first kappa shape index (κ1) is 14.1. The van der Waals surface area contributed by atoms with Gasteiger partial charge in [0.05, 0.1) is 6.54 Å². The fourth-order valence-electron chi connectivity index (χ4n) is 2.85. The van der Waals surface area contributed by atoms with E-state index in [1.54, 1.807) is 0 Å². The maximum Gasteiger partial charge on any atom is 0.276 e. The van der Waals surface area contributed by atoms with Crippen molar-refractivity contribution in [2.45, 2.75) is 30.9 Å². The van der Waals surface area contributed by atoms with Gasteiger partial charge in [-0.25, -0.2) is 0 Å². The minimum Gasteiger partial charge on any atom is -0.360 e. The number of amides is 1. The normalized spacial score (nSPS) is 25.5. The molecule has 1 atom stereocenters. The molecule has 1 saturated carbocycles. The largest absolute Gasteiger partial charge is 0.360 e. The maximum absolute atomic E-state index is 12.5. The quantitative estimate of drug-likeness (QED) is 0.831. The zero-order chi connectivity index (χ0) is 15.1. The highest BCUT2D eigenvalue weighted by molar-refractivity contribution is 8.14. The first-order valence-electron chi connectivity index (χ1n) is 7.92. The van der Waals surface area contributed by atoms with E-state index in [2.05, 4.69) is 22.0 Å². The molecule has 2 fully saturated rings. The monoisotopic (exact) mass is 320 g/mol. The lowest BCUT2D eigenvalue weighted by molar-refractivity contribution is 0.0683. The van der Waals surface area contributed by atoms with Crippen molar-refractivity contribution in [3.05, 3.63) is 17.5 Å². The highest BCUT2D eigenvalue weighted by Crippen LogP contribution is 2.40. The Morgan fingerprint density at radius 1 is 1.32 bits per heavy atom. The summed E-state index contributed by atoms with van der Waals surface area (Å²) in [5.74, 6) is 1.35. The second-order valence-corrected chi connectivity index (χ2v) is 7.63. The van der Waals surface area contributed by atoms with Crippen LogP contribution in [0.4, 0.5) is 0 Å². The number of rotatable bonds is 2. The molecule has 0 bridgehead atoms. The van der Waals surface area contributed by atoms with Gasteiger partial charge < -0.3 is 14.3 Å². The Kier molecular flexibility index (Phi) is 3.60. The molecule has 4 rings (SSSR count). The van der Waals surface area contributed by atoms with E-state index in [9.17, 15) is 4.79 Å². The second kappa shape index (κ2) is 5.61. The molecule has 2 aliphatic heterocycles. The molecule has 1 aliphatic carbocycles. The summed E-state index contributed by atoms with van der Waals surface area (Å²) in [6.07, 6.45) is 2.30. The molecule has 0 unspecified atom stereocenters. The molecule has 3 heterocycles. The van der Waals surface area contributed by atoms with Crippen LogP contribution in [0.1, 0.15) is 41.9 Å². The molecule has 1 amide bonds. The zero-order valence-electron chi connectivity index (χ0n) is 12.7. The topological polar surface area (TPSA) is 61.9 Å². The number of aromatic nitrogens is 1. The summed E-state index contributed by atoms with van der Waals surface area (Å²) >= 11 is 1.84.